The van der Waals surface area contributed by atoms with Gasteiger partial charge in [-0.15, -0.1) is 0 Å². The Labute approximate surface area is 208 Å². The van der Waals surface area contributed by atoms with Gasteiger partial charge in [-0.25, -0.2) is 9.59 Å². The zero-order valence-corrected chi connectivity index (χ0v) is 20.4. The Morgan fingerprint density at radius 3 is 2.22 bits per heavy atom. The molecule has 188 valence electrons. The van der Waals surface area contributed by atoms with Crippen molar-refractivity contribution in [1.29, 1.82) is 0 Å². The second-order valence-electron chi connectivity index (χ2n) is 9.86. The summed E-state index contributed by atoms with van der Waals surface area (Å²) in [5.74, 6) is -3.33. The van der Waals surface area contributed by atoms with Gasteiger partial charge in [0.15, 0.2) is 17.3 Å². The van der Waals surface area contributed by atoms with Crippen molar-refractivity contribution in [1.82, 2.24) is 4.90 Å². The lowest BCUT2D eigenvalue weighted by atomic mass is 9.83. The summed E-state index contributed by atoms with van der Waals surface area (Å²) in [5, 5.41) is 2.51. The molecule has 0 bridgehead atoms. The van der Waals surface area contributed by atoms with E-state index in [4.69, 9.17) is 9.47 Å². The fourth-order valence-corrected chi connectivity index (χ4v) is 4.44. The minimum atomic E-state index is -1.45. The van der Waals surface area contributed by atoms with Crippen molar-refractivity contribution in [2.24, 2.45) is 11.8 Å². The van der Waals surface area contributed by atoms with Crippen molar-refractivity contribution in [2.45, 2.75) is 39.2 Å². The van der Waals surface area contributed by atoms with Crippen LogP contribution in [0.25, 0.3) is 0 Å². The van der Waals surface area contributed by atoms with Crippen LogP contribution in [0.1, 0.15) is 54.3 Å². The van der Waals surface area contributed by atoms with E-state index in [1.54, 1.807) is 51.1 Å². The van der Waals surface area contributed by atoms with Gasteiger partial charge in [0.25, 0.3) is 0 Å². The van der Waals surface area contributed by atoms with E-state index < -0.39 is 47.0 Å². The van der Waals surface area contributed by atoms with Crippen LogP contribution in [-0.2, 0) is 9.53 Å². The summed E-state index contributed by atoms with van der Waals surface area (Å²) in [6, 6.07) is 12.9. The molecule has 0 radical (unpaired) electrons. The molecule has 1 fully saturated rings. The van der Waals surface area contributed by atoms with Crippen molar-refractivity contribution in [3.8, 4) is 5.75 Å². The number of hydrogen-bond acceptors (Lipinski definition) is 7. The zero-order chi connectivity index (χ0) is 26.0. The van der Waals surface area contributed by atoms with Crippen molar-refractivity contribution < 1.29 is 33.4 Å². The number of ketones is 3. The third-order valence-corrected chi connectivity index (χ3v) is 6.12. The van der Waals surface area contributed by atoms with Gasteiger partial charge < -0.3 is 14.4 Å². The molecule has 9 nitrogen and oxygen atoms in total. The predicted molar refractivity (Wildman–Crippen MR) is 130 cm³/mol. The maximum atomic E-state index is 13.3. The number of nitrogens with zero attached hydrogens (tertiary/aromatic N) is 1. The first-order valence-corrected chi connectivity index (χ1v) is 11.8. The molecule has 1 heterocycles. The monoisotopic (exact) mass is 492 g/mol. The molecule has 2 aromatic rings. The van der Waals surface area contributed by atoms with Crippen LogP contribution < -0.4 is 10.1 Å². The number of benzene rings is 2. The van der Waals surface area contributed by atoms with Gasteiger partial charge >= 0.3 is 12.2 Å². The summed E-state index contributed by atoms with van der Waals surface area (Å²) in [7, 11) is 0. The van der Waals surface area contributed by atoms with Crippen LogP contribution >= 0.6 is 0 Å². The molecule has 1 aliphatic carbocycles. The number of para-hydroxylation sites is 1. The van der Waals surface area contributed by atoms with Gasteiger partial charge in [-0.1, -0.05) is 30.3 Å². The van der Waals surface area contributed by atoms with E-state index in [0.717, 1.165) is 0 Å². The molecule has 2 aliphatic rings. The van der Waals surface area contributed by atoms with E-state index in [1.165, 1.54) is 23.1 Å². The van der Waals surface area contributed by atoms with E-state index >= 15 is 0 Å². The average molecular weight is 493 g/mol. The first kappa shape index (κ1) is 25.1. The van der Waals surface area contributed by atoms with Gasteiger partial charge in [-0.05, 0) is 51.8 Å². The Hall–Kier alpha value is -4.01. The lowest BCUT2D eigenvalue weighted by Crippen LogP contribution is -2.44. The molecule has 0 aromatic heterocycles. The lowest BCUT2D eigenvalue weighted by molar-refractivity contribution is -0.125. The molecule has 1 atom stereocenters. The van der Waals surface area contributed by atoms with Crippen LogP contribution in [0.15, 0.2) is 48.5 Å². The predicted octanol–water partition coefficient (Wildman–Crippen LogP) is 4.51. The van der Waals surface area contributed by atoms with Crippen LogP contribution in [0, 0.1) is 11.8 Å². The van der Waals surface area contributed by atoms with E-state index in [0.29, 0.717) is 31.7 Å². The first-order valence-electron chi connectivity index (χ1n) is 11.8. The normalized spacial score (nSPS) is 18.0. The average Bonchev–Trinajstić information content (AvgIpc) is 3.09. The Kier molecular flexibility index (Phi) is 6.92. The molecule has 1 saturated heterocycles. The van der Waals surface area contributed by atoms with Crippen molar-refractivity contribution in [3.63, 3.8) is 0 Å². The topological polar surface area (TPSA) is 119 Å². The van der Waals surface area contributed by atoms with Gasteiger partial charge in [0.1, 0.15) is 17.3 Å². The third kappa shape index (κ3) is 5.30. The maximum Gasteiger partial charge on any atom is 0.417 e. The number of Topliss-reactive ketones (excluding diaryl/α,β-unsaturated/α-hetero) is 3. The molecule has 1 aliphatic heterocycles. The van der Waals surface area contributed by atoms with Crippen molar-refractivity contribution >= 4 is 35.2 Å². The highest BCUT2D eigenvalue weighted by molar-refractivity contribution is 6.37. The summed E-state index contributed by atoms with van der Waals surface area (Å²) in [5.41, 5.74) is -0.404. The van der Waals surface area contributed by atoms with E-state index in [-0.39, 0.29) is 16.8 Å². The SMILES string of the molecule is CC(C)(C)OC(=O)N1CCC(C(=O)C2C(=O)c3cccc(NC(=O)Oc4ccccc4)c3C2=O)CC1. The Bertz CT molecular complexity index is 1210. The highest BCUT2D eigenvalue weighted by atomic mass is 16.6. The molecule has 36 heavy (non-hydrogen) atoms. The van der Waals surface area contributed by atoms with Gasteiger partial charge in [0.2, 0.25) is 0 Å². The number of carbonyl (C=O) groups excluding carboxylic acids is 5. The molecule has 0 saturated carbocycles. The van der Waals surface area contributed by atoms with Crippen molar-refractivity contribution in [3.05, 3.63) is 59.7 Å². The molecule has 1 N–H and O–H groups in total. The summed E-state index contributed by atoms with van der Waals surface area (Å²) < 4.78 is 10.6. The first-order chi connectivity index (χ1) is 17.0. The standard InChI is InChI=1S/C27H28N2O7/c1-27(2,3)36-26(34)29-14-12-16(13-15-29)22(30)21-23(31)18-10-7-11-19(20(18)24(21)32)28-25(33)35-17-8-5-4-6-9-17/h4-11,16,21H,12-15H2,1-3H3,(H,28,33). The molecule has 1 unspecified atom stereocenters. The highest BCUT2D eigenvalue weighted by Gasteiger charge is 2.47. The Morgan fingerprint density at radius 2 is 1.58 bits per heavy atom. The molecular weight excluding hydrogens is 464 g/mol. The number of fused-ring (bicyclic) bond motifs is 1. The molecule has 9 heteroatoms. The molecule has 0 spiro atoms. The van der Waals surface area contributed by atoms with Crippen LogP contribution in [-0.4, -0.2) is 53.1 Å². The number of hydrogen-bond donors (Lipinski definition) is 1. The van der Waals surface area contributed by atoms with Gasteiger partial charge in [-0.3, -0.25) is 19.7 Å². The second-order valence-corrected chi connectivity index (χ2v) is 9.86. The number of carbonyl (C=O) groups is 5. The van der Waals surface area contributed by atoms with Gasteiger partial charge in [0.05, 0.1) is 11.3 Å². The highest BCUT2D eigenvalue weighted by Crippen LogP contribution is 2.36. The number of anilines is 1. The number of ether oxygens (including phenoxy) is 2. The largest absolute Gasteiger partial charge is 0.444 e. The van der Waals surface area contributed by atoms with Crippen LogP contribution in [0.3, 0.4) is 0 Å². The summed E-state index contributed by atoms with van der Waals surface area (Å²) >= 11 is 0. The number of nitrogens with one attached hydrogen (secondary N) is 1. The lowest BCUT2D eigenvalue weighted by Gasteiger charge is -2.33. The number of likely N-dealkylation sites (tertiary alicyclic amines) is 1. The third-order valence-electron chi connectivity index (χ3n) is 6.12. The van der Waals surface area contributed by atoms with Crippen LogP contribution in [0.2, 0.25) is 0 Å². The van der Waals surface area contributed by atoms with Gasteiger partial charge in [0, 0.05) is 24.6 Å². The number of rotatable bonds is 4. The molecule has 2 aromatic carbocycles. The minimum Gasteiger partial charge on any atom is -0.444 e. The quantitative estimate of drug-likeness (QED) is 0.624. The number of amides is 2. The van der Waals surface area contributed by atoms with E-state index in [9.17, 15) is 24.0 Å². The second kappa shape index (κ2) is 9.93. The van der Waals surface area contributed by atoms with Crippen LogP contribution in [0.5, 0.6) is 5.75 Å². The van der Waals surface area contributed by atoms with E-state index in [1.807, 2.05) is 0 Å². The van der Waals surface area contributed by atoms with Gasteiger partial charge in [-0.2, -0.15) is 0 Å². The summed E-state index contributed by atoms with van der Waals surface area (Å²) in [6.07, 6.45) is -0.606. The summed E-state index contributed by atoms with van der Waals surface area (Å²) in [4.78, 5) is 65.8. The zero-order valence-electron chi connectivity index (χ0n) is 20.4. The minimum absolute atomic E-state index is 0.0112. The van der Waals surface area contributed by atoms with E-state index in [2.05, 4.69) is 5.32 Å². The van der Waals surface area contributed by atoms with Crippen LogP contribution in [0.4, 0.5) is 15.3 Å². The van der Waals surface area contributed by atoms with Crippen molar-refractivity contribution in [2.75, 3.05) is 18.4 Å². The summed E-state index contributed by atoms with van der Waals surface area (Å²) in [6.45, 7) is 5.93. The molecule has 2 amide bonds. The fourth-order valence-electron chi connectivity index (χ4n) is 4.44. The molecule has 4 rings (SSSR count). The number of piperidine rings is 1. The Balaban J connectivity index is 1.44. The maximum absolute atomic E-state index is 13.3. The fraction of sp³-hybridized carbons (Fsp3) is 0.370. The Morgan fingerprint density at radius 1 is 0.917 bits per heavy atom. The molecular formula is C27H28N2O7. The smallest absolute Gasteiger partial charge is 0.417 e.